The fourth-order valence-corrected chi connectivity index (χ4v) is 5.92. The fourth-order valence-electron chi connectivity index (χ4n) is 5.92. The fraction of sp³-hybridized carbons (Fsp3) is 0.815. The van der Waals surface area contributed by atoms with Gasteiger partial charge in [-0.3, -0.25) is 4.98 Å². The molecular weight excluding hydrogens is 338 g/mol. The SMILES string of the molecule is CCCCCc1ccc(C2CCC(C3CCC(CCCCC)CC3)CC2)nc1. The van der Waals surface area contributed by atoms with E-state index in [4.69, 9.17) is 4.98 Å². The van der Waals surface area contributed by atoms with Gasteiger partial charge in [0.2, 0.25) is 0 Å². The molecule has 0 aromatic carbocycles. The topological polar surface area (TPSA) is 12.9 Å². The lowest BCUT2D eigenvalue weighted by Crippen LogP contribution is -2.25. The molecule has 0 radical (unpaired) electrons. The van der Waals surface area contributed by atoms with E-state index < -0.39 is 0 Å². The Bertz CT molecular complexity index is 518. The van der Waals surface area contributed by atoms with Gasteiger partial charge in [0.15, 0.2) is 0 Å². The highest BCUT2D eigenvalue weighted by atomic mass is 14.7. The molecule has 1 aromatic rings. The summed E-state index contributed by atoms with van der Waals surface area (Å²) in [4.78, 5) is 4.86. The summed E-state index contributed by atoms with van der Waals surface area (Å²) in [5, 5.41) is 0. The van der Waals surface area contributed by atoms with E-state index in [0.29, 0.717) is 0 Å². The van der Waals surface area contributed by atoms with Crippen molar-refractivity contribution in [2.75, 3.05) is 0 Å². The Balaban J connectivity index is 1.38. The predicted octanol–water partition coefficient (Wildman–Crippen LogP) is 8.47. The minimum absolute atomic E-state index is 0.728. The summed E-state index contributed by atoms with van der Waals surface area (Å²) < 4.78 is 0. The Hall–Kier alpha value is -0.850. The Morgan fingerprint density at radius 1 is 0.750 bits per heavy atom. The summed E-state index contributed by atoms with van der Waals surface area (Å²) in [5.74, 6) is 3.84. The lowest BCUT2D eigenvalue weighted by Gasteiger charge is -2.38. The average Bonchev–Trinajstić information content (AvgIpc) is 2.75. The summed E-state index contributed by atoms with van der Waals surface area (Å²) in [7, 11) is 0. The van der Waals surface area contributed by atoms with Gasteiger partial charge in [0, 0.05) is 17.8 Å². The third kappa shape index (κ3) is 6.60. The maximum atomic E-state index is 4.86. The van der Waals surface area contributed by atoms with Crippen molar-refractivity contribution in [3.63, 3.8) is 0 Å². The number of aryl methyl sites for hydroxylation is 1. The third-order valence-corrected chi connectivity index (χ3v) is 7.88. The molecule has 0 aliphatic heterocycles. The van der Waals surface area contributed by atoms with Crippen LogP contribution >= 0.6 is 0 Å². The number of pyridine rings is 1. The lowest BCUT2D eigenvalue weighted by atomic mass is 9.68. The van der Waals surface area contributed by atoms with Crippen molar-refractivity contribution in [3.05, 3.63) is 29.6 Å². The van der Waals surface area contributed by atoms with E-state index in [-0.39, 0.29) is 0 Å². The van der Waals surface area contributed by atoms with Crippen LogP contribution in [-0.2, 0) is 6.42 Å². The predicted molar refractivity (Wildman–Crippen MR) is 122 cm³/mol. The van der Waals surface area contributed by atoms with Crippen molar-refractivity contribution in [2.45, 2.75) is 122 Å². The summed E-state index contributed by atoms with van der Waals surface area (Å²) in [6.45, 7) is 4.60. The Kier molecular flexibility index (Phi) is 9.35. The van der Waals surface area contributed by atoms with Crippen LogP contribution in [-0.4, -0.2) is 4.98 Å². The first-order chi connectivity index (χ1) is 13.8. The molecule has 2 aliphatic rings. The first-order valence-electron chi connectivity index (χ1n) is 12.7. The molecule has 2 fully saturated rings. The molecule has 28 heavy (non-hydrogen) atoms. The van der Waals surface area contributed by atoms with Gasteiger partial charge in [0.25, 0.3) is 0 Å². The van der Waals surface area contributed by atoms with Crippen LogP contribution in [0.5, 0.6) is 0 Å². The average molecular weight is 384 g/mol. The molecular formula is C27H45N. The van der Waals surface area contributed by atoms with Crippen molar-refractivity contribution in [1.82, 2.24) is 4.98 Å². The highest BCUT2D eigenvalue weighted by Crippen LogP contribution is 2.44. The molecule has 2 aliphatic carbocycles. The first-order valence-corrected chi connectivity index (χ1v) is 12.7. The Morgan fingerprint density at radius 2 is 1.39 bits per heavy atom. The summed E-state index contributed by atoms with van der Waals surface area (Å²) >= 11 is 0. The molecule has 1 heterocycles. The van der Waals surface area contributed by atoms with Crippen LogP contribution in [0.2, 0.25) is 0 Å². The molecule has 158 valence electrons. The maximum absolute atomic E-state index is 4.86. The molecule has 0 amide bonds. The van der Waals surface area contributed by atoms with E-state index in [0.717, 1.165) is 23.7 Å². The minimum atomic E-state index is 0.728. The number of rotatable bonds is 10. The van der Waals surface area contributed by atoms with Crippen molar-refractivity contribution in [1.29, 1.82) is 0 Å². The van der Waals surface area contributed by atoms with Crippen LogP contribution in [0.3, 0.4) is 0 Å². The molecule has 0 spiro atoms. The number of nitrogens with zero attached hydrogens (tertiary/aromatic N) is 1. The van der Waals surface area contributed by atoms with Gasteiger partial charge in [-0.05, 0) is 80.8 Å². The van der Waals surface area contributed by atoms with Crippen LogP contribution in [0.15, 0.2) is 18.3 Å². The molecule has 0 bridgehead atoms. The monoisotopic (exact) mass is 383 g/mol. The second-order valence-electron chi connectivity index (χ2n) is 9.94. The van der Waals surface area contributed by atoms with Gasteiger partial charge in [-0.25, -0.2) is 0 Å². The van der Waals surface area contributed by atoms with Crippen LogP contribution in [0.4, 0.5) is 0 Å². The molecule has 1 nitrogen and oxygen atoms in total. The zero-order valence-electron chi connectivity index (χ0n) is 18.8. The molecule has 0 saturated heterocycles. The quantitative estimate of drug-likeness (QED) is 0.369. The molecule has 1 aromatic heterocycles. The van der Waals surface area contributed by atoms with Gasteiger partial charge in [0.1, 0.15) is 0 Å². The second kappa shape index (κ2) is 12.0. The van der Waals surface area contributed by atoms with E-state index in [1.807, 2.05) is 0 Å². The van der Waals surface area contributed by atoms with E-state index >= 15 is 0 Å². The molecule has 1 heteroatoms. The highest BCUT2D eigenvalue weighted by molar-refractivity contribution is 5.17. The van der Waals surface area contributed by atoms with Crippen molar-refractivity contribution < 1.29 is 0 Å². The van der Waals surface area contributed by atoms with Gasteiger partial charge < -0.3 is 0 Å². The van der Waals surface area contributed by atoms with E-state index in [1.165, 1.54) is 114 Å². The summed E-state index contributed by atoms with van der Waals surface area (Å²) in [6.07, 6.45) is 24.9. The zero-order chi connectivity index (χ0) is 19.6. The normalized spacial score (nSPS) is 28.4. The van der Waals surface area contributed by atoms with Gasteiger partial charge in [-0.2, -0.15) is 0 Å². The zero-order valence-corrected chi connectivity index (χ0v) is 18.8. The van der Waals surface area contributed by atoms with Crippen LogP contribution in [0, 0.1) is 17.8 Å². The number of unbranched alkanes of at least 4 members (excludes halogenated alkanes) is 4. The lowest BCUT2D eigenvalue weighted by molar-refractivity contribution is 0.155. The smallest absolute Gasteiger partial charge is 0.0434 e. The van der Waals surface area contributed by atoms with Crippen molar-refractivity contribution in [2.24, 2.45) is 17.8 Å². The van der Waals surface area contributed by atoms with Crippen molar-refractivity contribution >= 4 is 0 Å². The highest BCUT2D eigenvalue weighted by Gasteiger charge is 2.31. The van der Waals surface area contributed by atoms with Crippen LogP contribution in [0.25, 0.3) is 0 Å². The van der Waals surface area contributed by atoms with E-state index in [2.05, 4.69) is 32.2 Å². The standard InChI is InChI=1S/C27H45N/c1-3-5-7-9-22-11-14-24(15-12-22)25-16-18-26(19-17-25)27-20-13-23(21-28-27)10-8-6-4-2/h13,20-22,24-26H,3-12,14-19H2,1-2H3. The minimum Gasteiger partial charge on any atom is -0.261 e. The first kappa shape index (κ1) is 21.8. The van der Waals surface area contributed by atoms with Gasteiger partial charge >= 0.3 is 0 Å². The van der Waals surface area contributed by atoms with Crippen LogP contribution in [0.1, 0.15) is 127 Å². The van der Waals surface area contributed by atoms with Crippen LogP contribution < -0.4 is 0 Å². The number of hydrogen-bond acceptors (Lipinski definition) is 1. The molecule has 3 rings (SSSR count). The largest absolute Gasteiger partial charge is 0.261 e. The van der Waals surface area contributed by atoms with E-state index in [1.54, 1.807) is 0 Å². The van der Waals surface area contributed by atoms with Crippen molar-refractivity contribution in [3.8, 4) is 0 Å². The van der Waals surface area contributed by atoms with E-state index in [9.17, 15) is 0 Å². The summed E-state index contributed by atoms with van der Waals surface area (Å²) in [5.41, 5.74) is 2.80. The van der Waals surface area contributed by atoms with Gasteiger partial charge in [-0.15, -0.1) is 0 Å². The van der Waals surface area contributed by atoms with Gasteiger partial charge in [-0.1, -0.05) is 71.3 Å². The Morgan fingerprint density at radius 3 is 2.00 bits per heavy atom. The number of aromatic nitrogens is 1. The summed E-state index contributed by atoms with van der Waals surface area (Å²) in [6, 6.07) is 4.69. The van der Waals surface area contributed by atoms with Gasteiger partial charge in [0.05, 0.1) is 0 Å². The molecule has 2 saturated carbocycles. The molecule has 0 atom stereocenters. The molecule has 0 unspecified atom stereocenters. The maximum Gasteiger partial charge on any atom is 0.0434 e. The number of hydrogen-bond donors (Lipinski definition) is 0. The third-order valence-electron chi connectivity index (χ3n) is 7.88. The molecule has 0 N–H and O–H groups in total. The Labute approximate surface area is 175 Å². The second-order valence-corrected chi connectivity index (χ2v) is 9.94.